The average molecular weight is 378 g/mol. The number of hydrogen-bond acceptors (Lipinski definition) is 2. The topological polar surface area (TPSA) is 18.5 Å². The van der Waals surface area contributed by atoms with E-state index in [1.54, 1.807) is 12.1 Å². The molecule has 0 aliphatic carbocycles. The molecular formula is C18H16F6O2. The molecule has 0 fully saturated rings. The molecule has 2 rings (SSSR count). The van der Waals surface area contributed by atoms with Crippen molar-refractivity contribution in [2.75, 3.05) is 0 Å². The Morgan fingerprint density at radius 1 is 0.885 bits per heavy atom. The Hall–Kier alpha value is -2.38. The average Bonchev–Trinajstić information content (AvgIpc) is 2.54. The van der Waals surface area contributed by atoms with E-state index in [1.807, 2.05) is 6.92 Å². The molecule has 0 saturated heterocycles. The lowest BCUT2D eigenvalue weighted by Crippen LogP contribution is -2.22. The predicted molar refractivity (Wildman–Crippen MR) is 82.7 cm³/mol. The molecule has 2 nitrogen and oxygen atoms in total. The first kappa shape index (κ1) is 19.9. The van der Waals surface area contributed by atoms with Gasteiger partial charge in [-0.05, 0) is 42.7 Å². The van der Waals surface area contributed by atoms with Gasteiger partial charge in [-0.2, -0.15) is 8.78 Å². The van der Waals surface area contributed by atoms with E-state index in [-0.39, 0.29) is 0 Å². The fourth-order valence-corrected chi connectivity index (χ4v) is 2.21. The van der Waals surface area contributed by atoms with Crippen LogP contribution in [0.25, 0.3) is 0 Å². The summed E-state index contributed by atoms with van der Waals surface area (Å²) in [6, 6.07) is 7.23. The molecule has 0 heterocycles. The zero-order valence-corrected chi connectivity index (χ0v) is 13.7. The number of hydrogen-bond donors (Lipinski definition) is 0. The van der Waals surface area contributed by atoms with E-state index in [4.69, 9.17) is 0 Å². The van der Waals surface area contributed by atoms with Crippen molar-refractivity contribution in [1.82, 2.24) is 0 Å². The Morgan fingerprint density at radius 3 is 2.08 bits per heavy atom. The first-order valence-corrected chi connectivity index (χ1v) is 7.82. The fraction of sp³-hybridized carbons (Fsp3) is 0.333. The summed E-state index contributed by atoms with van der Waals surface area (Å²) in [5, 5.41) is 0. The summed E-state index contributed by atoms with van der Waals surface area (Å²) in [6.07, 6.45) is -6.21. The molecule has 8 heteroatoms. The SMILES string of the molecule is CCCCc1ccc(C(F)(F)Oc2ccc(OC(F)(F)F)c(F)c2)cc1. The smallest absolute Gasteiger partial charge is 0.429 e. The van der Waals surface area contributed by atoms with E-state index in [9.17, 15) is 26.3 Å². The van der Waals surface area contributed by atoms with Crippen molar-refractivity contribution in [3.05, 3.63) is 59.4 Å². The summed E-state index contributed by atoms with van der Waals surface area (Å²) >= 11 is 0. The van der Waals surface area contributed by atoms with E-state index in [0.717, 1.165) is 30.9 Å². The fourth-order valence-electron chi connectivity index (χ4n) is 2.21. The lowest BCUT2D eigenvalue weighted by Gasteiger charge is -2.19. The van der Waals surface area contributed by atoms with Crippen LogP contribution in [0.3, 0.4) is 0 Å². The second-order valence-electron chi connectivity index (χ2n) is 5.56. The van der Waals surface area contributed by atoms with E-state index in [1.165, 1.54) is 12.1 Å². The van der Waals surface area contributed by atoms with Crippen LogP contribution in [0.1, 0.15) is 30.9 Å². The van der Waals surface area contributed by atoms with E-state index >= 15 is 0 Å². The minimum atomic E-state index is -5.09. The van der Waals surface area contributed by atoms with Crippen molar-refractivity contribution >= 4 is 0 Å². The molecule has 0 unspecified atom stereocenters. The van der Waals surface area contributed by atoms with Gasteiger partial charge in [-0.25, -0.2) is 4.39 Å². The Kier molecular flexibility index (Phi) is 6.05. The second-order valence-corrected chi connectivity index (χ2v) is 5.56. The van der Waals surface area contributed by atoms with Gasteiger partial charge < -0.3 is 9.47 Å². The van der Waals surface area contributed by atoms with E-state index in [0.29, 0.717) is 12.1 Å². The monoisotopic (exact) mass is 378 g/mol. The summed E-state index contributed by atoms with van der Waals surface area (Å²) in [7, 11) is 0. The van der Waals surface area contributed by atoms with Gasteiger partial charge in [-0.15, -0.1) is 13.2 Å². The Morgan fingerprint density at radius 2 is 1.54 bits per heavy atom. The summed E-state index contributed by atoms with van der Waals surface area (Å²) in [5.74, 6) is -3.23. The van der Waals surface area contributed by atoms with Crippen molar-refractivity contribution in [1.29, 1.82) is 0 Å². The van der Waals surface area contributed by atoms with Gasteiger partial charge in [0.05, 0.1) is 5.56 Å². The van der Waals surface area contributed by atoms with Crippen molar-refractivity contribution < 1.29 is 35.8 Å². The predicted octanol–water partition coefficient (Wildman–Crippen LogP) is 6.20. The molecular weight excluding hydrogens is 362 g/mol. The molecule has 0 radical (unpaired) electrons. The second kappa shape index (κ2) is 7.88. The van der Waals surface area contributed by atoms with Crippen LogP contribution < -0.4 is 9.47 Å². The Labute approximate surface area is 146 Å². The van der Waals surface area contributed by atoms with Gasteiger partial charge in [0.1, 0.15) is 5.75 Å². The van der Waals surface area contributed by atoms with Crippen molar-refractivity contribution in [3.8, 4) is 11.5 Å². The van der Waals surface area contributed by atoms with Gasteiger partial charge in [0.2, 0.25) is 0 Å². The molecule has 0 aromatic heterocycles. The third-order valence-electron chi connectivity index (χ3n) is 3.48. The molecule has 0 spiro atoms. The highest BCUT2D eigenvalue weighted by Gasteiger charge is 2.35. The van der Waals surface area contributed by atoms with E-state index in [2.05, 4.69) is 9.47 Å². The quantitative estimate of drug-likeness (QED) is 0.535. The van der Waals surface area contributed by atoms with Crippen LogP contribution in [0.15, 0.2) is 42.5 Å². The first-order chi connectivity index (χ1) is 12.1. The zero-order valence-electron chi connectivity index (χ0n) is 13.7. The maximum absolute atomic E-state index is 14.2. The third-order valence-corrected chi connectivity index (χ3v) is 3.48. The number of aryl methyl sites for hydroxylation is 1. The van der Waals surface area contributed by atoms with Crippen LogP contribution in [-0.4, -0.2) is 6.36 Å². The molecule has 142 valence electrons. The van der Waals surface area contributed by atoms with Gasteiger partial charge in [-0.3, -0.25) is 0 Å². The maximum Gasteiger partial charge on any atom is 0.573 e. The minimum Gasteiger partial charge on any atom is -0.429 e. The molecule has 0 atom stereocenters. The Bertz CT molecular complexity index is 725. The molecule has 0 aliphatic heterocycles. The lowest BCUT2D eigenvalue weighted by atomic mass is 10.1. The molecule has 0 amide bonds. The summed E-state index contributed by atoms with van der Waals surface area (Å²) in [5.41, 5.74) is 0.444. The van der Waals surface area contributed by atoms with Crippen molar-refractivity contribution in [2.45, 2.75) is 38.7 Å². The van der Waals surface area contributed by atoms with Gasteiger partial charge in [0.25, 0.3) is 0 Å². The Balaban J connectivity index is 2.12. The normalized spacial score (nSPS) is 12.1. The standard InChI is InChI=1S/C18H16F6O2/c1-2-3-4-12-5-7-13(8-6-12)17(20,21)25-14-9-10-16(15(19)11-14)26-18(22,23)24/h5-11H,2-4H2,1H3. The van der Waals surface area contributed by atoms with Crippen molar-refractivity contribution in [2.24, 2.45) is 0 Å². The number of benzene rings is 2. The number of unbranched alkanes of at least 4 members (excludes halogenated alkanes) is 1. The van der Waals surface area contributed by atoms with E-state index < -0.39 is 35.4 Å². The van der Waals surface area contributed by atoms with Gasteiger partial charge in [0, 0.05) is 6.07 Å². The van der Waals surface area contributed by atoms with Crippen LogP contribution in [0, 0.1) is 5.82 Å². The van der Waals surface area contributed by atoms with Crippen LogP contribution in [0.2, 0.25) is 0 Å². The van der Waals surface area contributed by atoms with Crippen LogP contribution in [0.4, 0.5) is 26.3 Å². The largest absolute Gasteiger partial charge is 0.573 e. The highest BCUT2D eigenvalue weighted by Crippen LogP contribution is 2.34. The molecule has 0 saturated carbocycles. The summed E-state index contributed by atoms with van der Waals surface area (Å²) in [6.45, 7) is 2.01. The molecule has 0 aliphatic rings. The van der Waals surface area contributed by atoms with Gasteiger partial charge in [-0.1, -0.05) is 25.5 Å². The summed E-state index contributed by atoms with van der Waals surface area (Å²) in [4.78, 5) is 0. The molecule has 26 heavy (non-hydrogen) atoms. The molecule has 2 aromatic carbocycles. The van der Waals surface area contributed by atoms with Crippen LogP contribution in [-0.2, 0) is 12.5 Å². The zero-order chi connectivity index (χ0) is 19.4. The lowest BCUT2D eigenvalue weighted by molar-refractivity contribution is -0.275. The van der Waals surface area contributed by atoms with Gasteiger partial charge >= 0.3 is 12.5 Å². The summed E-state index contributed by atoms with van der Waals surface area (Å²) < 4.78 is 86.1. The molecule has 2 aromatic rings. The first-order valence-electron chi connectivity index (χ1n) is 7.82. The maximum atomic E-state index is 14.2. The number of rotatable bonds is 7. The highest BCUT2D eigenvalue weighted by atomic mass is 19.4. The number of halogens is 6. The third kappa shape index (κ3) is 5.57. The number of ether oxygens (including phenoxy) is 2. The number of alkyl halides is 5. The highest BCUT2D eigenvalue weighted by molar-refractivity contribution is 5.34. The molecule has 0 N–H and O–H groups in total. The van der Waals surface area contributed by atoms with Crippen molar-refractivity contribution in [3.63, 3.8) is 0 Å². The van der Waals surface area contributed by atoms with Gasteiger partial charge in [0.15, 0.2) is 11.6 Å². The van der Waals surface area contributed by atoms with Crippen LogP contribution >= 0.6 is 0 Å². The minimum absolute atomic E-state index is 0.407. The molecule has 0 bridgehead atoms. The van der Waals surface area contributed by atoms with Crippen LogP contribution in [0.5, 0.6) is 11.5 Å².